The summed E-state index contributed by atoms with van der Waals surface area (Å²) in [6, 6.07) is 3.09. The van der Waals surface area contributed by atoms with Crippen LogP contribution in [0.1, 0.15) is 37.7 Å². The maximum Gasteiger partial charge on any atom is 0.346 e. The van der Waals surface area contributed by atoms with E-state index >= 15 is 0 Å². The van der Waals surface area contributed by atoms with Crippen LogP contribution in [-0.4, -0.2) is 38.7 Å². The zero-order chi connectivity index (χ0) is 17.3. The van der Waals surface area contributed by atoms with Crippen molar-refractivity contribution < 1.29 is 19.6 Å². The Morgan fingerprint density at radius 1 is 1.29 bits per heavy atom. The van der Waals surface area contributed by atoms with Gasteiger partial charge in [0.1, 0.15) is 5.54 Å². The predicted octanol–water partition coefficient (Wildman–Crippen LogP) is 1.89. The molecule has 1 aromatic carbocycles. The lowest BCUT2D eigenvalue weighted by Crippen LogP contribution is -2.48. The van der Waals surface area contributed by atoms with Crippen molar-refractivity contribution in [2.45, 2.75) is 37.6 Å². The highest BCUT2D eigenvalue weighted by Crippen LogP contribution is 2.33. The van der Waals surface area contributed by atoms with E-state index in [0.29, 0.717) is 18.4 Å². The van der Waals surface area contributed by atoms with Gasteiger partial charge >= 0.3 is 11.7 Å². The van der Waals surface area contributed by atoms with Gasteiger partial charge in [0.15, 0.2) is 5.75 Å². The number of imide groups is 1. The Hall–Kier alpha value is -2.97. The van der Waals surface area contributed by atoms with Gasteiger partial charge in [-0.05, 0) is 25.0 Å². The number of hydrazone groups is 1. The van der Waals surface area contributed by atoms with E-state index in [4.69, 9.17) is 0 Å². The summed E-state index contributed by atoms with van der Waals surface area (Å²) in [5, 5.41) is 27.6. The second-order valence-corrected chi connectivity index (χ2v) is 5.94. The average molecular weight is 332 g/mol. The van der Waals surface area contributed by atoms with E-state index < -0.39 is 33.8 Å². The average Bonchev–Trinajstić information content (AvgIpc) is 2.77. The number of phenols is 1. The smallest absolute Gasteiger partial charge is 0.346 e. The fourth-order valence-corrected chi connectivity index (χ4v) is 3.10. The zero-order valence-electron chi connectivity index (χ0n) is 12.8. The number of nitro benzene ring substituents is 1. The molecule has 2 fully saturated rings. The van der Waals surface area contributed by atoms with E-state index in [9.17, 15) is 24.8 Å². The SMILES string of the molecule is O=C1NC2(CCCCC2)C(=O)N1/N=C\c1ccc(O)c([N+](=O)[O-])c1. The van der Waals surface area contributed by atoms with Gasteiger partial charge < -0.3 is 10.4 Å². The molecule has 1 saturated heterocycles. The maximum absolute atomic E-state index is 12.5. The molecule has 3 rings (SSSR count). The summed E-state index contributed by atoms with van der Waals surface area (Å²) in [6.45, 7) is 0. The van der Waals surface area contributed by atoms with Crippen molar-refractivity contribution in [1.82, 2.24) is 10.3 Å². The Morgan fingerprint density at radius 2 is 2.00 bits per heavy atom. The Morgan fingerprint density at radius 3 is 2.67 bits per heavy atom. The van der Waals surface area contributed by atoms with Gasteiger partial charge in [0.25, 0.3) is 5.91 Å². The molecule has 2 aliphatic rings. The molecule has 0 unspecified atom stereocenters. The van der Waals surface area contributed by atoms with Crippen LogP contribution in [0.5, 0.6) is 5.75 Å². The first-order valence-electron chi connectivity index (χ1n) is 7.61. The third kappa shape index (κ3) is 2.68. The minimum atomic E-state index is -0.867. The number of hydrogen-bond donors (Lipinski definition) is 2. The van der Waals surface area contributed by atoms with Crippen LogP contribution in [0.4, 0.5) is 10.5 Å². The molecule has 9 heteroatoms. The Kier molecular flexibility index (Phi) is 3.92. The number of carbonyl (C=O) groups is 2. The summed E-state index contributed by atoms with van der Waals surface area (Å²) >= 11 is 0. The highest BCUT2D eigenvalue weighted by Gasteiger charge is 2.51. The molecule has 0 radical (unpaired) electrons. The lowest BCUT2D eigenvalue weighted by Gasteiger charge is -2.29. The Bertz CT molecular complexity index is 739. The highest BCUT2D eigenvalue weighted by atomic mass is 16.6. The summed E-state index contributed by atoms with van der Waals surface area (Å²) in [6.07, 6.45) is 5.14. The zero-order valence-corrected chi connectivity index (χ0v) is 12.8. The van der Waals surface area contributed by atoms with Crippen LogP contribution in [0.15, 0.2) is 23.3 Å². The van der Waals surface area contributed by atoms with Crippen LogP contribution in [0.25, 0.3) is 0 Å². The number of nitro groups is 1. The number of benzene rings is 1. The quantitative estimate of drug-likeness (QED) is 0.378. The van der Waals surface area contributed by atoms with E-state index in [1.807, 2.05) is 0 Å². The van der Waals surface area contributed by atoms with Gasteiger partial charge in [-0.25, -0.2) is 4.79 Å². The highest BCUT2D eigenvalue weighted by molar-refractivity contribution is 6.07. The molecule has 0 atom stereocenters. The van der Waals surface area contributed by atoms with Crippen molar-refractivity contribution in [3.05, 3.63) is 33.9 Å². The normalized spacial score (nSPS) is 19.9. The molecule has 1 aliphatic carbocycles. The van der Waals surface area contributed by atoms with E-state index in [1.165, 1.54) is 12.3 Å². The third-order valence-corrected chi connectivity index (χ3v) is 4.37. The van der Waals surface area contributed by atoms with Crippen LogP contribution in [0.3, 0.4) is 0 Å². The molecule has 9 nitrogen and oxygen atoms in total. The van der Waals surface area contributed by atoms with Gasteiger partial charge in [-0.3, -0.25) is 14.9 Å². The van der Waals surface area contributed by atoms with Crippen LogP contribution in [0.2, 0.25) is 0 Å². The molecule has 2 N–H and O–H groups in total. The molecular weight excluding hydrogens is 316 g/mol. The minimum absolute atomic E-state index is 0.296. The maximum atomic E-state index is 12.5. The standard InChI is InChI=1S/C15H16N4O5/c20-12-5-4-10(8-11(12)19(23)24)9-16-18-13(21)15(17-14(18)22)6-2-1-3-7-15/h4-5,8-9,20H,1-3,6-7H2,(H,17,22)/b16-9-. The van der Waals surface area contributed by atoms with Crippen LogP contribution in [-0.2, 0) is 4.79 Å². The number of urea groups is 1. The number of carbonyl (C=O) groups excluding carboxylic acids is 2. The van der Waals surface area contributed by atoms with E-state index in [0.717, 1.165) is 36.4 Å². The second-order valence-electron chi connectivity index (χ2n) is 5.94. The summed E-state index contributed by atoms with van der Waals surface area (Å²) in [5.74, 6) is -0.856. The first kappa shape index (κ1) is 15.9. The summed E-state index contributed by atoms with van der Waals surface area (Å²) < 4.78 is 0. The van der Waals surface area contributed by atoms with Crippen molar-refractivity contribution in [2.75, 3.05) is 0 Å². The van der Waals surface area contributed by atoms with Crippen LogP contribution >= 0.6 is 0 Å². The van der Waals surface area contributed by atoms with Crippen molar-refractivity contribution in [3.63, 3.8) is 0 Å². The van der Waals surface area contributed by atoms with Gasteiger partial charge in [0, 0.05) is 11.6 Å². The van der Waals surface area contributed by atoms with E-state index in [2.05, 4.69) is 10.4 Å². The molecule has 1 aromatic rings. The fraction of sp³-hybridized carbons (Fsp3) is 0.400. The van der Waals surface area contributed by atoms with Gasteiger partial charge in [-0.1, -0.05) is 19.3 Å². The molecular formula is C15H16N4O5. The molecule has 1 saturated carbocycles. The molecule has 126 valence electrons. The topological polar surface area (TPSA) is 125 Å². The molecule has 1 heterocycles. The van der Waals surface area contributed by atoms with Gasteiger partial charge in [-0.2, -0.15) is 5.10 Å². The number of nitrogens with one attached hydrogen (secondary N) is 1. The number of phenolic OH excluding ortho intramolecular Hbond substituents is 1. The largest absolute Gasteiger partial charge is 0.502 e. The number of hydrogen-bond acceptors (Lipinski definition) is 6. The number of nitrogens with zero attached hydrogens (tertiary/aromatic N) is 3. The lowest BCUT2D eigenvalue weighted by atomic mass is 9.82. The van der Waals surface area contributed by atoms with E-state index in [1.54, 1.807) is 0 Å². The summed E-state index contributed by atoms with van der Waals surface area (Å²) in [7, 11) is 0. The molecule has 24 heavy (non-hydrogen) atoms. The lowest BCUT2D eigenvalue weighted by molar-refractivity contribution is -0.385. The number of rotatable bonds is 3. The Balaban J connectivity index is 1.82. The van der Waals surface area contributed by atoms with Crippen molar-refractivity contribution >= 4 is 23.8 Å². The predicted molar refractivity (Wildman–Crippen MR) is 83.5 cm³/mol. The molecule has 1 spiro atoms. The summed E-state index contributed by atoms with van der Waals surface area (Å²) in [5.41, 5.74) is -1.04. The first-order valence-corrected chi connectivity index (χ1v) is 7.61. The van der Waals surface area contributed by atoms with Crippen LogP contribution in [0, 0.1) is 10.1 Å². The molecule has 0 aromatic heterocycles. The van der Waals surface area contributed by atoms with Crippen molar-refractivity contribution in [3.8, 4) is 5.75 Å². The fourth-order valence-electron chi connectivity index (χ4n) is 3.10. The molecule has 0 bridgehead atoms. The molecule has 1 aliphatic heterocycles. The minimum Gasteiger partial charge on any atom is -0.502 e. The van der Waals surface area contributed by atoms with Gasteiger partial charge in [0.2, 0.25) is 0 Å². The van der Waals surface area contributed by atoms with Crippen LogP contribution < -0.4 is 5.32 Å². The van der Waals surface area contributed by atoms with Gasteiger partial charge in [0.05, 0.1) is 11.1 Å². The Labute approximate surface area is 137 Å². The molecule has 3 amide bonds. The monoisotopic (exact) mass is 332 g/mol. The number of amides is 3. The first-order chi connectivity index (χ1) is 11.4. The second kappa shape index (κ2) is 5.91. The van der Waals surface area contributed by atoms with Crippen molar-refractivity contribution in [1.29, 1.82) is 0 Å². The van der Waals surface area contributed by atoms with Crippen molar-refractivity contribution in [2.24, 2.45) is 5.10 Å². The van der Waals surface area contributed by atoms with E-state index in [-0.39, 0.29) is 0 Å². The summed E-state index contributed by atoms with van der Waals surface area (Å²) in [4.78, 5) is 34.7. The number of aromatic hydroxyl groups is 1. The van der Waals surface area contributed by atoms with Gasteiger partial charge in [-0.15, -0.1) is 5.01 Å². The third-order valence-electron chi connectivity index (χ3n) is 4.37.